The fourth-order valence-electron chi connectivity index (χ4n) is 2.18. The molecule has 0 amide bonds. The van der Waals surface area contributed by atoms with Crippen molar-refractivity contribution in [3.63, 3.8) is 0 Å². The molecule has 0 aliphatic carbocycles. The van der Waals surface area contributed by atoms with Crippen molar-refractivity contribution in [3.8, 4) is 0 Å². The van der Waals surface area contributed by atoms with Crippen molar-refractivity contribution in [2.24, 2.45) is 5.92 Å². The van der Waals surface area contributed by atoms with Gasteiger partial charge in [0.25, 0.3) is 0 Å². The van der Waals surface area contributed by atoms with E-state index in [1.165, 1.54) is 0 Å². The van der Waals surface area contributed by atoms with Gasteiger partial charge in [0, 0.05) is 18.5 Å². The van der Waals surface area contributed by atoms with E-state index in [0.29, 0.717) is 13.0 Å². The standard InChI is InChI=1S/C11H22FN/c1-5-10(6-2)7-11(12,8-13-10)9(3)4/h9,13H,5-8H2,1-4H3. The van der Waals surface area contributed by atoms with Crippen LogP contribution in [0.1, 0.15) is 47.0 Å². The highest BCUT2D eigenvalue weighted by Crippen LogP contribution is 2.39. The zero-order chi connectivity index (χ0) is 10.1. The molecule has 1 aliphatic rings. The molecule has 1 unspecified atom stereocenters. The predicted octanol–water partition coefficient (Wildman–Crippen LogP) is 2.90. The summed E-state index contributed by atoms with van der Waals surface area (Å²) < 4.78 is 14.2. The summed E-state index contributed by atoms with van der Waals surface area (Å²) in [7, 11) is 0. The minimum Gasteiger partial charge on any atom is -0.308 e. The third-order valence-corrected chi connectivity index (χ3v) is 3.78. The highest BCUT2D eigenvalue weighted by Gasteiger charge is 2.48. The molecule has 1 nitrogen and oxygen atoms in total. The lowest BCUT2D eigenvalue weighted by molar-refractivity contribution is 0.112. The highest BCUT2D eigenvalue weighted by atomic mass is 19.1. The van der Waals surface area contributed by atoms with Gasteiger partial charge < -0.3 is 5.32 Å². The first-order valence-corrected chi connectivity index (χ1v) is 5.42. The normalized spacial score (nSPS) is 32.8. The van der Waals surface area contributed by atoms with Crippen molar-refractivity contribution in [3.05, 3.63) is 0 Å². The number of rotatable bonds is 3. The molecule has 0 spiro atoms. The van der Waals surface area contributed by atoms with Gasteiger partial charge in [-0.3, -0.25) is 0 Å². The maximum absolute atomic E-state index is 14.2. The van der Waals surface area contributed by atoms with Gasteiger partial charge in [-0.05, 0) is 18.8 Å². The van der Waals surface area contributed by atoms with E-state index in [0.717, 1.165) is 12.8 Å². The molecule has 1 rings (SSSR count). The number of alkyl halides is 1. The molecule has 0 aromatic rings. The van der Waals surface area contributed by atoms with Crippen molar-refractivity contribution in [1.82, 2.24) is 5.32 Å². The first-order valence-electron chi connectivity index (χ1n) is 5.42. The molecule has 0 bridgehead atoms. The van der Waals surface area contributed by atoms with Crippen LogP contribution in [0.25, 0.3) is 0 Å². The highest BCUT2D eigenvalue weighted by molar-refractivity contribution is 5.04. The summed E-state index contributed by atoms with van der Waals surface area (Å²) in [6, 6.07) is 0. The third-order valence-electron chi connectivity index (χ3n) is 3.78. The lowest BCUT2D eigenvalue weighted by atomic mass is 9.82. The lowest BCUT2D eigenvalue weighted by Crippen LogP contribution is -2.37. The Morgan fingerprint density at radius 2 is 1.85 bits per heavy atom. The molecule has 0 aromatic heterocycles. The molecule has 1 fully saturated rings. The second-order valence-corrected chi connectivity index (χ2v) is 4.71. The summed E-state index contributed by atoms with van der Waals surface area (Å²) in [5.41, 5.74) is -0.912. The molecule has 1 atom stereocenters. The van der Waals surface area contributed by atoms with Crippen molar-refractivity contribution in [1.29, 1.82) is 0 Å². The van der Waals surface area contributed by atoms with Crippen LogP contribution in [0, 0.1) is 5.92 Å². The van der Waals surface area contributed by atoms with E-state index in [2.05, 4.69) is 19.2 Å². The van der Waals surface area contributed by atoms with Gasteiger partial charge in [0.1, 0.15) is 5.67 Å². The molecule has 1 N–H and O–H groups in total. The number of hydrogen-bond donors (Lipinski definition) is 1. The van der Waals surface area contributed by atoms with Crippen LogP contribution in [-0.4, -0.2) is 17.8 Å². The molecule has 1 aliphatic heterocycles. The fraction of sp³-hybridized carbons (Fsp3) is 1.00. The minimum atomic E-state index is -0.980. The largest absolute Gasteiger partial charge is 0.308 e. The van der Waals surface area contributed by atoms with Crippen LogP contribution in [0.3, 0.4) is 0 Å². The lowest BCUT2D eigenvalue weighted by Gasteiger charge is -2.29. The molecule has 1 heterocycles. The average Bonchev–Trinajstić information content (AvgIpc) is 2.46. The maximum Gasteiger partial charge on any atom is 0.127 e. The average molecular weight is 187 g/mol. The Kier molecular flexibility index (Phi) is 3.01. The summed E-state index contributed by atoms with van der Waals surface area (Å²) in [5.74, 6) is 0.125. The Hall–Kier alpha value is -0.110. The zero-order valence-electron chi connectivity index (χ0n) is 9.28. The smallest absolute Gasteiger partial charge is 0.127 e. The summed E-state index contributed by atoms with van der Waals surface area (Å²) in [5, 5.41) is 3.37. The topological polar surface area (TPSA) is 12.0 Å². The first-order chi connectivity index (χ1) is 5.98. The van der Waals surface area contributed by atoms with E-state index in [9.17, 15) is 4.39 Å². The molecular formula is C11H22FN. The van der Waals surface area contributed by atoms with E-state index >= 15 is 0 Å². The van der Waals surface area contributed by atoms with Crippen LogP contribution < -0.4 is 5.32 Å². The van der Waals surface area contributed by atoms with Crippen molar-refractivity contribution >= 4 is 0 Å². The molecule has 1 saturated heterocycles. The van der Waals surface area contributed by atoms with E-state index in [1.54, 1.807) is 0 Å². The van der Waals surface area contributed by atoms with Crippen molar-refractivity contribution in [2.75, 3.05) is 6.54 Å². The maximum atomic E-state index is 14.2. The minimum absolute atomic E-state index is 0.0685. The second kappa shape index (κ2) is 3.56. The van der Waals surface area contributed by atoms with Crippen LogP contribution in [0.4, 0.5) is 4.39 Å². The molecule has 13 heavy (non-hydrogen) atoms. The second-order valence-electron chi connectivity index (χ2n) is 4.71. The van der Waals surface area contributed by atoms with Crippen LogP contribution >= 0.6 is 0 Å². The van der Waals surface area contributed by atoms with Crippen LogP contribution in [0.15, 0.2) is 0 Å². The van der Waals surface area contributed by atoms with Gasteiger partial charge in [0.05, 0.1) is 0 Å². The SMILES string of the molecule is CCC1(CC)CC(F)(C(C)C)CN1. The van der Waals surface area contributed by atoms with Gasteiger partial charge in [-0.2, -0.15) is 0 Å². The summed E-state index contributed by atoms with van der Waals surface area (Å²) in [6.07, 6.45) is 2.74. The van der Waals surface area contributed by atoms with E-state index < -0.39 is 5.67 Å². The van der Waals surface area contributed by atoms with Crippen LogP contribution in [0.2, 0.25) is 0 Å². The summed E-state index contributed by atoms with van der Waals surface area (Å²) in [4.78, 5) is 0. The molecule has 0 radical (unpaired) electrons. The van der Waals surface area contributed by atoms with Crippen molar-refractivity contribution in [2.45, 2.75) is 58.2 Å². The molecule has 2 heteroatoms. The molecule has 0 saturated carbocycles. The van der Waals surface area contributed by atoms with Crippen molar-refractivity contribution < 1.29 is 4.39 Å². The Morgan fingerprint density at radius 3 is 2.08 bits per heavy atom. The summed E-state index contributed by atoms with van der Waals surface area (Å²) in [6.45, 7) is 8.77. The Balaban J connectivity index is 2.71. The quantitative estimate of drug-likeness (QED) is 0.716. The zero-order valence-corrected chi connectivity index (χ0v) is 9.28. The van der Waals surface area contributed by atoms with Gasteiger partial charge in [-0.25, -0.2) is 4.39 Å². The van der Waals surface area contributed by atoms with Gasteiger partial charge >= 0.3 is 0 Å². The molecule has 78 valence electrons. The third kappa shape index (κ3) is 1.88. The fourth-order valence-corrected chi connectivity index (χ4v) is 2.18. The first kappa shape index (κ1) is 11.0. The van der Waals surface area contributed by atoms with E-state index in [-0.39, 0.29) is 11.5 Å². The monoisotopic (exact) mass is 187 g/mol. The number of hydrogen-bond acceptors (Lipinski definition) is 1. The Labute approximate surface area is 81.1 Å². The summed E-state index contributed by atoms with van der Waals surface area (Å²) >= 11 is 0. The van der Waals surface area contributed by atoms with Crippen LogP contribution in [0.5, 0.6) is 0 Å². The van der Waals surface area contributed by atoms with Gasteiger partial charge in [0.2, 0.25) is 0 Å². The van der Waals surface area contributed by atoms with E-state index in [4.69, 9.17) is 0 Å². The number of halogens is 1. The Bertz CT molecular complexity index is 171. The number of nitrogens with one attached hydrogen (secondary N) is 1. The van der Waals surface area contributed by atoms with Gasteiger partial charge in [-0.15, -0.1) is 0 Å². The van der Waals surface area contributed by atoms with Gasteiger partial charge in [0.15, 0.2) is 0 Å². The van der Waals surface area contributed by atoms with Gasteiger partial charge in [-0.1, -0.05) is 27.7 Å². The Morgan fingerprint density at radius 1 is 1.31 bits per heavy atom. The van der Waals surface area contributed by atoms with Crippen LogP contribution in [-0.2, 0) is 0 Å². The van der Waals surface area contributed by atoms with E-state index in [1.807, 2.05) is 13.8 Å². The molecule has 0 aromatic carbocycles. The molecular weight excluding hydrogens is 165 g/mol. The predicted molar refractivity (Wildman–Crippen MR) is 54.6 cm³/mol.